The number of benzene rings is 1. The van der Waals surface area contributed by atoms with E-state index in [1.54, 1.807) is 18.3 Å². The van der Waals surface area contributed by atoms with Crippen molar-refractivity contribution in [3.8, 4) is 11.6 Å². The molecule has 0 radical (unpaired) electrons. The largest absolute Gasteiger partial charge is 0.439 e. The number of amides is 1. The van der Waals surface area contributed by atoms with Crippen LogP contribution < -0.4 is 15.8 Å². The average Bonchev–Trinajstić information content (AvgIpc) is 2.64. The Bertz CT molecular complexity index is 665. The van der Waals surface area contributed by atoms with Gasteiger partial charge in [0.1, 0.15) is 5.75 Å². The third-order valence-corrected chi connectivity index (χ3v) is 4.05. The van der Waals surface area contributed by atoms with Gasteiger partial charge < -0.3 is 20.5 Å². The van der Waals surface area contributed by atoms with Crippen LogP contribution in [-0.2, 0) is 9.53 Å². The fourth-order valence-electron chi connectivity index (χ4n) is 2.64. The molecule has 8 heteroatoms. The Morgan fingerprint density at radius 1 is 1.15 bits per heavy atom. The number of rotatable bonds is 5. The van der Waals surface area contributed by atoms with E-state index in [0.29, 0.717) is 30.5 Å². The van der Waals surface area contributed by atoms with E-state index in [4.69, 9.17) is 15.2 Å². The Labute approximate surface area is 165 Å². The van der Waals surface area contributed by atoms with Crippen molar-refractivity contribution in [1.29, 1.82) is 0 Å². The van der Waals surface area contributed by atoms with Gasteiger partial charge in [-0.15, -0.1) is 24.8 Å². The second-order valence-corrected chi connectivity index (χ2v) is 5.77. The van der Waals surface area contributed by atoms with Gasteiger partial charge in [0.2, 0.25) is 11.8 Å². The Morgan fingerprint density at radius 3 is 2.46 bits per heavy atom. The van der Waals surface area contributed by atoms with Gasteiger partial charge in [0.25, 0.3) is 0 Å². The van der Waals surface area contributed by atoms with Crippen molar-refractivity contribution in [3.05, 3.63) is 48.7 Å². The molecule has 1 aliphatic heterocycles. The highest BCUT2D eigenvalue weighted by molar-refractivity contribution is 5.94. The predicted octanol–water partition coefficient (Wildman–Crippen LogP) is 3.41. The van der Waals surface area contributed by atoms with E-state index in [1.807, 2.05) is 30.3 Å². The normalized spacial score (nSPS) is 15.1. The minimum atomic E-state index is -0.533. The Kier molecular flexibility index (Phi) is 9.37. The van der Waals surface area contributed by atoms with Crippen molar-refractivity contribution in [2.75, 3.05) is 18.5 Å². The van der Waals surface area contributed by atoms with Gasteiger partial charge in [0.05, 0.1) is 17.9 Å². The first-order valence-electron chi connectivity index (χ1n) is 8.05. The molecule has 0 saturated carbocycles. The van der Waals surface area contributed by atoms with Gasteiger partial charge in [-0.3, -0.25) is 4.79 Å². The van der Waals surface area contributed by atoms with Crippen LogP contribution in [-0.4, -0.2) is 30.1 Å². The molecule has 1 aliphatic rings. The molecule has 142 valence electrons. The molecule has 0 spiro atoms. The Hall–Kier alpha value is -1.86. The topological polar surface area (TPSA) is 86.5 Å². The first-order chi connectivity index (χ1) is 11.7. The molecular formula is C18H23Cl2N3O3. The zero-order valence-electron chi connectivity index (χ0n) is 14.2. The zero-order chi connectivity index (χ0) is 16.8. The van der Waals surface area contributed by atoms with Crippen LogP contribution in [0.25, 0.3) is 0 Å². The molecule has 3 rings (SSSR count). The lowest BCUT2D eigenvalue weighted by atomic mass is 9.92. The van der Waals surface area contributed by atoms with E-state index < -0.39 is 6.04 Å². The maximum atomic E-state index is 12.3. The van der Waals surface area contributed by atoms with E-state index in [2.05, 4.69) is 10.3 Å². The quantitative estimate of drug-likeness (QED) is 0.804. The van der Waals surface area contributed by atoms with Crippen molar-refractivity contribution in [2.24, 2.45) is 11.7 Å². The van der Waals surface area contributed by atoms with E-state index >= 15 is 0 Å². The number of nitrogens with zero attached hydrogens (tertiary/aromatic N) is 1. The van der Waals surface area contributed by atoms with E-state index in [-0.39, 0.29) is 36.6 Å². The molecule has 3 N–H and O–H groups in total. The lowest BCUT2D eigenvalue weighted by molar-refractivity contribution is -0.119. The Balaban J connectivity index is 0.00000169. The molecule has 2 aromatic rings. The van der Waals surface area contributed by atoms with Gasteiger partial charge in [-0.25, -0.2) is 4.98 Å². The average molecular weight is 400 g/mol. The number of ether oxygens (including phenoxy) is 2. The molecule has 1 aromatic heterocycles. The number of pyridine rings is 1. The highest BCUT2D eigenvalue weighted by atomic mass is 35.5. The predicted molar refractivity (Wildman–Crippen MR) is 105 cm³/mol. The summed E-state index contributed by atoms with van der Waals surface area (Å²) < 4.78 is 10.9. The summed E-state index contributed by atoms with van der Waals surface area (Å²) in [6.45, 7) is 1.33. The van der Waals surface area contributed by atoms with E-state index in [0.717, 1.165) is 12.8 Å². The first kappa shape index (κ1) is 22.2. The van der Waals surface area contributed by atoms with Gasteiger partial charge in [-0.1, -0.05) is 18.2 Å². The van der Waals surface area contributed by atoms with Crippen LogP contribution in [0.2, 0.25) is 0 Å². The second kappa shape index (κ2) is 11.0. The smallest absolute Gasteiger partial charge is 0.241 e. The summed E-state index contributed by atoms with van der Waals surface area (Å²) >= 11 is 0. The first-order valence-corrected chi connectivity index (χ1v) is 8.05. The molecule has 1 unspecified atom stereocenters. The van der Waals surface area contributed by atoms with Crippen LogP contribution in [0.4, 0.5) is 5.69 Å². The minimum absolute atomic E-state index is 0. The van der Waals surface area contributed by atoms with Crippen LogP contribution in [0.3, 0.4) is 0 Å². The summed E-state index contributed by atoms with van der Waals surface area (Å²) in [4.78, 5) is 16.5. The molecular weight excluding hydrogens is 377 g/mol. The summed E-state index contributed by atoms with van der Waals surface area (Å²) in [5, 5.41) is 2.81. The number of nitrogens with one attached hydrogen (secondary N) is 1. The molecule has 1 saturated heterocycles. The molecule has 1 aromatic carbocycles. The number of carbonyl (C=O) groups excluding carboxylic acids is 1. The van der Waals surface area contributed by atoms with E-state index in [1.165, 1.54) is 0 Å². The number of anilines is 1. The number of hydrogen-bond acceptors (Lipinski definition) is 5. The van der Waals surface area contributed by atoms with Gasteiger partial charge in [0.15, 0.2) is 0 Å². The van der Waals surface area contributed by atoms with Crippen molar-refractivity contribution in [3.63, 3.8) is 0 Å². The van der Waals surface area contributed by atoms with Crippen LogP contribution >= 0.6 is 24.8 Å². The molecule has 26 heavy (non-hydrogen) atoms. The van der Waals surface area contributed by atoms with Crippen molar-refractivity contribution in [2.45, 2.75) is 18.9 Å². The maximum Gasteiger partial charge on any atom is 0.241 e. The van der Waals surface area contributed by atoms with Gasteiger partial charge in [-0.2, -0.15) is 0 Å². The summed E-state index contributed by atoms with van der Waals surface area (Å²) in [7, 11) is 0. The van der Waals surface area contributed by atoms with Gasteiger partial charge in [0, 0.05) is 19.3 Å². The Morgan fingerprint density at radius 2 is 1.85 bits per heavy atom. The third-order valence-electron chi connectivity index (χ3n) is 4.05. The monoisotopic (exact) mass is 399 g/mol. The molecule has 0 aliphatic carbocycles. The van der Waals surface area contributed by atoms with Crippen molar-refractivity contribution >= 4 is 36.4 Å². The molecule has 1 amide bonds. The van der Waals surface area contributed by atoms with Crippen LogP contribution in [0.15, 0.2) is 48.7 Å². The third kappa shape index (κ3) is 6.14. The highest BCUT2D eigenvalue weighted by Crippen LogP contribution is 2.21. The summed E-state index contributed by atoms with van der Waals surface area (Å²) in [6.07, 6.45) is 3.19. The SMILES string of the molecule is Cl.Cl.NC(C(=O)Nc1ccc(Oc2ccccc2)nc1)C1CCOCC1. The zero-order valence-corrected chi connectivity index (χ0v) is 15.8. The van der Waals surface area contributed by atoms with E-state index in [9.17, 15) is 4.79 Å². The maximum absolute atomic E-state index is 12.3. The van der Waals surface area contributed by atoms with Crippen LogP contribution in [0, 0.1) is 5.92 Å². The highest BCUT2D eigenvalue weighted by Gasteiger charge is 2.26. The number of hydrogen-bond donors (Lipinski definition) is 2. The van der Waals surface area contributed by atoms with Gasteiger partial charge in [-0.05, 0) is 37.0 Å². The van der Waals surface area contributed by atoms with Crippen LogP contribution in [0.1, 0.15) is 12.8 Å². The molecule has 0 bridgehead atoms. The number of aromatic nitrogens is 1. The van der Waals surface area contributed by atoms with Crippen molar-refractivity contribution in [1.82, 2.24) is 4.98 Å². The number of para-hydroxylation sites is 1. The van der Waals surface area contributed by atoms with Gasteiger partial charge >= 0.3 is 0 Å². The minimum Gasteiger partial charge on any atom is -0.439 e. The second-order valence-electron chi connectivity index (χ2n) is 5.77. The molecule has 6 nitrogen and oxygen atoms in total. The summed E-state index contributed by atoms with van der Waals surface area (Å²) in [5.74, 6) is 1.14. The van der Waals surface area contributed by atoms with Crippen LogP contribution in [0.5, 0.6) is 11.6 Å². The molecule has 1 atom stereocenters. The molecule has 1 fully saturated rings. The fourth-order valence-corrected chi connectivity index (χ4v) is 2.64. The lowest BCUT2D eigenvalue weighted by Crippen LogP contribution is -2.44. The number of nitrogens with two attached hydrogens (primary N) is 1. The summed E-state index contributed by atoms with van der Waals surface area (Å²) in [6, 6.07) is 12.3. The standard InChI is InChI=1S/C18H21N3O3.2ClH/c19-17(13-8-10-23-11-9-13)18(22)21-14-6-7-16(20-12-14)24-15-4-2-1-3-5-15;;/h1-7,12-13,17H,8-11,19H2,(H,21,22);2*1H. The van der Waals surface area contributed by atoms with Crippen molar-refractivity contribution < 1.29 is 14.3 Å². The number of halogens is 2. The fraction of sp³-hybridized carbons (Fsp3) is 0.333. The number of carbonyl (C=O) groups is 1. The molecule has 2 heterocycles. The lowest BCUT2D eigenvalue weighted by Gasteiger charge is -2.26. The summed E-state index contributed by atoms with van der Waals surface area (Å²) in [5.41, 5.74) is 6.66.